The lowest BCUT2D eigenvalue weighted by Gasteiger charge is -2.30. The van der Waals surface area contributed by atoms with Gasteiger partial charge >= 0.3 is 6.09 Å². The maximum absolute atomic E-state index is 13.7. The van der Waals surface area contributed by atoms with Gasteiger partial charge in [0.05, 0.1) is 24.0 Å². The van der Waals surface area contributed by atoms with Crippen LogP contribution in [-0.2, 0) is 32.1 Å². The number of aliphatic hydroxyl groups excluding tert-OH is 1. The first-order valence-electron chi connectivity index (χ1n) is 15.9. The Balaban J connectivity index is 1.45. The molecule has 0 radical (unpaired) electrons. The van der Waals surface area contributed by atoms with Gasteiger partial charge in [0.25, 0.3) is 0 Å². The van der Waals surface area contributed by atoms with Crippen molar-refractivity contribution in [1.29, 1.82) is 0 Å². The van der Waals surface area contributed by atoms with E-state index in [-0.39, 0.29) is 30.6 Å². The van der Waals surface area contributed by atoms with E-state index >= 15 is 0 Å². The quantitative estimate of drug-likeness (QED) is 0.196. The van der Waals surface area contributed by atoms with E-state index in [0.29, 0.717) is 6.42 Å². The Hall–Kier alpha value is -4.50. The van der Waals surface area contributed by atoms with E-state index in [2.05, 4.69) is 16.0 Å². The van der Waals surface area contributed by atoms with Gasteiger partial charge < -0.3 is 25.8 Å². The molecule has 3 amide bonds. The van der Waals surface area contributed by atoms with Crippen LogP contribution in [0.1, 0.15) is 56.7 Å². The van der Waals surface area contributed by atoms with E-state index < -0.39 is 54.0 Å². The summed E-state index contributed by atoms with van der Waals surface area (Å²) in [7, 11) is 0. The van der Waals surface area contributed by atoms with Crippen LogP contribution in [0, 0.1) is 17.8 Å². The number of benzene rings is 3. The lowest BCUT2D eigenvalue weighted by atomic mass is 9.92. The van der Waals surface area contributed by atoms with Crippen LogP contribution < -0.4 is 16.0 Å². The second kappa shape index (κ2) is 16.2. The summed E-state index contributed by atoms with van der Waals surface area (Å²) in [5.74, 6) is -2.23. The van der Waals surface area contributed by atoms with E-state index in [9.17, 15) is 24.3 Å². The second-order valence-electron chi connectivity index (χ2n) is 12.7. The van der Waals surface area contributed by atoms with Crippen molar-refractivity contribution in [2.75, 3.05) is 0 Å². The minimum Gasteiger partial charge on any atom is -0.445 e. The van der Waals surface area contributed by atoms with Crippen molar-refractivity contribution in [3.8, 4) is 0 Å². The van der Waals surface area contributed by atoms with Crippen molar-refractivity contribution in [2.24, 2.45) is 17.8 Å². The van der Waals surface area contributed by atoms with Crippen LogP contribution in [0.2, 0.25) is 0 Å². The molecular formula is C37H45N3O6. The van der Waals surface area contributed by atoms with E-state index in [1.165, 1.54) is 0 Å². The van der Waals surface area contributed by atoms with Crippen molar-refractivity contribution >= 4 is 23.7 Å². The first kappa shape index (κ1) is 34.4. The lowest BCUT2D eigenvalue weighted by Crippen LogP contribution is -2.58. The average molecular weight is 628 g/mol. The average Bonchev–Trinajstić information content (AvgIpc) is 3.73. The molecule has 3 aromatic rings. The smallest absolute Gasteiger partial charge is 0.408 e. The highest BCUT2D eigenvalue weighted by molar-refractivity contribution is 6.05. The molecular weight excluding hydrogens is 582 g/mol. The number of ether oxygens (including phenoxy) is 1. The Bertz CT molecular complexity index is 1450. The van der Waals surface area contributed by atoms with E-state index in [1.54, 1.807) is 0 Å². The monoisotopic (exact) mass is 627 g/mol. The van der Waals surface area contributed by atoms with Crippen LogP contribution >= 0.6 is 0 Å². The minimum atomic E-state index is -1.09. The molecule has 0 saturated heterocycles. The normalized spacial score (nSPS) is 18.3. The predicted octanol–water partition coefficient (Wildman–Crippen LogP) is 4.54. The van der Waals surface area contributed by atoms with E-state index in [4.69, 9.17) is 4.74 Å². The summed E-state index contributed by atoms with van der Waals surface area (Å²) >= 11 is 0. The highest BCUT2D eigenvalue weighted by atomic mass is 16.5. The van der Waals surface area contributed by atoms with Crippen LogP contribution in [0.25, 0.3) is 0 Å². The molecule has 2 unspecified atom stereocenters. The summed E-state index contributed by atoms with van der Waals surface area (Å²) in [6.07, 6.45) is -1.34. The number of hydrogen-bond acceptors (Lipinski definition) is 6. The summed E-state index contributed by atoms with van der Waals surface area (Å²) in [6, 6.07) is 25.1. The number of hydrogen-bond donors (Lipinski definition) is 4. The van der Waals surface area contributed by atoms with Gasteiger partial charge in [-0.25, -0.2) is 4.79 Å². The topological polar surface area (TPSA) is 134 Å². The molecule has 4 N–H and O–H groups in total. The van der Waals surface area contributed by atoms with Crippen LogP contribution in [0.3, 0.4) is 0 Å². The van der Waals surface area contributed by atoms with Crippen LogP contribution in [0.5, 0.6) is 0 Å². The molecule has 1 aliphatic carbocycles. The van der Waals surface area contributed by atoms with Crippen molar-refractivity contribution in [2.45, 2.75) is 77.3 Å². The molecule has 9 nitrogen and oxygen atoms in total. The fraction of sp³-hybridized carbons (Fsp3) is 0.405. The molecule has 1 fully saturated rings. The van der Waals surface area contributed by atoms with Gasteiger partial charge in [-0.3, -0.25) is 14.4 Å². The minimum absolute atomic E-state index is 0.0400. The number of ketones is 1. The van der Waals surface area contributed by atoms with Crippen molar-refractivity contribution in [3.63, 3.8) is 0 Å². The van der Waals surface area contributed by atoms with Gasteiger partial charge in [-0.15, -0.1) is 0 Å². The molecule has 0 aliphatic heterocycles. The molecule has 4 rings (SSSR count). The molecule has 0 heterocycles. The van der Waals surface area contributed by atoms with Crippen LogP contribution in [0.15, 0.2) is 91.0 Å². The second-order valence-corrected chi connectivity index (χ2v) is 12.7. The summed E-state index contributed by atoms with van der Waals surface area (Å²) in [6.45, 7) is 7.66. The molecule has 0 bridgehead atoms. The Morgan fingerprint density at radius 1 is 0.739 bits per heavy atom. The maximum atomic E-state index is 13.7. The molecule has 0 aromatic heterocycles. The summed E-state index contributed by atoms with van der Waals surface area (Å²) < 4.78 is 5.38. The van der Waals surface area contributed by atoms with Gasteiger partial charge in [-0.2, -0.15) is 0 Å². The Morgan fingerprint density at radius 2 is 1.28 bits per heavy atom. The maximum Gasteiger partial charge on any atom is 0.408 e. The van der Waals surface area contributed by atoms with E-state index in [1.807, 2.05) is 119 Å². The number of aliphatic hydroxyl groups is 1. The zero-order valence-electron chi connectivity index (χ0n) is 26.9. The third kappa shape index (κ3) is 9.50. The number of rotatable bonds is 15. The lowest BCUT2D eigenvalue weighted by molar-refractivity contribution is -0.131. The number of Topliss-reactive ketones (excluding diaryl/α,β-unsaturated/α-hetero) is 1. The van der Waals surface area contributed by atoms with Gasteiger partial charge in [0.15, 0.2) is 0 Å². The molecule has 46 heavy (non-hydrogen) atoms. The zero-order valence-corrected chi connectivity index (χ0v) is 26.9. The Morgan fingerprint density at radius 3 is 1.85 bits per heavy atom. The molecule has 3 aromatic carbocycles. The molecule has 244 valence electrons. The fourth-order valence-electron chi connectivity index (χ4n) is 5.73. The predicted molar refractivity (Wildman–Crippen MR) is 176 cm³/mol. The Labute approximate surface area is 271 Å². The number of carbonyl (C=O) groups excluding carboxylic acids is 4. The first-order valence-corrected chi connectivity index (χ1v) is 15.9. The molecule has 6 atom stereocenters. The van der Waals surface area contributed by atoms with Gasteiger partial charge in [-0.05, 0) is 34.9 Å². The molecule has 1 saturated carbocycles. The summed E-state index contributed by atoms with van der Waals surface area (Å²) in [5, 5.41) is 19.8. The first-order chi connectivity index (χ1) is 22.0. The Kier molecular flexibility index (Phi) is 12.1. The molecule has 0 spiro atoms. The molecule has 1 aliphatic rings. The largest absolute Gasteiger partial charge is 0.445 e. The summed E-state index contributed by atoms with van der Waals surface area (Å²) in [4.78, 5) is 53.0. The number of nitrogens with one attached hydrogen (secondary N) is 3. The SMILES string of the molecule is CC(C)C[C@H](NC(=O)[C@H](Cc1ccccc1)NC(=O)OCc1ccccc1)C(=O)N[C@@H](C(C)C)[C@@H](O)C1C(=O)C1c1ccccc1. The fourth-order valence-corrected chi connectivity index (χ4v) is 5.73. The van der Waals surface area contributed by atoms with Crippen LogP contribution in [-0.4, -0.2) is 53.0 Å². The van der Waals surface area contributed by atoms with Gasteiger partial charge in [0, 0.05) is 6.42 Å². The van der Waals surface area contributed by atoms with Gasteiger partial charge in [0.1, 0.15) is 24.5 Å². The van der Waals surface area contributed by atoms with E-state index in [0.717, 1.165) is 16.7 Å². The third-order valence-corrected chi connectivity index (χ3v) is 8.25. The standard InChI is InChI=1S/C37H45N3O6/c1-23(2)20-28(36(44)40-32(24(3)4)34(42)31-30(33(31)41)27-18-12-7-13-19-27)38-35(43)29(21-25-14-8-5-9-15-25)39-37(45)46-22-26-16-10-6-11-17-26/h5-19,23-24,28-32,34,42H,20-22H2,1-4H3,(H,38,43)(H,39,45)(H,40,44)/t28-,29-,30?,31?,32-,34-/m0/s1. The molecule has 9 heteroatoms. The van der Waals surface area contributed by atoms with Crippen molar-refractivity contribution < 1.29 is 29.0 Å². The van der Waals surface area contributed by atoms with Crippen molar-refractivity contribution in [3.05, 3.63) is 108 Å². The highest BCUT2D eigenvalue weighted by Crippen LogP contribution is 2.46. The zero-order chi connectivity index (χ0) is 33.2. The number of alkyl carbamates (subject to hydrolysis) is 1. The van der Waals surface area contributed by atoms with Gasteiger partial charge in [0.2, 0.25) is 11.8 Å². The number of amides is 3. The number of carbonyl (C=O) groups is 4. The summed E-state index contributed by atoms with van der Waals surface area (Å²) in [5.41, 5.74) is 2.47. The van der Waals surface area contributed by atoms with Crippen LogP contribution in [0.4, 0.5) is 4.79 Å². The van der Waals surface area contributed by atoms with Gasteiger partial charge in [-0.1, -0.05) is 119 Å². The highest BCUT2D eigenvalue weighted by Gasteiger charge is 2.56. The third-order valence-electron chi connectivity index (χ3n) is 8.25. The van der Waals surface area contributed by atoms with Crippen molar-refractivity contribution in [1.82, 2.24) is 16.0 Å².